The smallest absolute Gasteiger partial charge is 0.325 e. The van der Waals surface area contributed by atoms with Crippen molar-refractivity contribution in [1.29, 1.82) is 0 Å². The number of hydrogen-bond donors (Lipinski definition) is 3. The molecule has 6 nitrogen and oxygen atoms in total. The predicted octanol–water partition coefficient (Wildman–Crippen LogP) is 6.47. The number of ether oxygens (including phenoxy) is 1. The van der Waals surface area contributed by atoms with Crippen molar-refractivity contribution in [2.75, 3.05) is 19.3 Å². The molecule has 2 aromatic carbocycles. The van der Waals surface area contributed by atoms with E-state index in [2.05, 4.69) is 37.4 Å². The first-order valence-electron chi connectivity index (χ1n) is 12.0. The molecule has 3 N–H and O–H groups in total. The Labute approximate surface area is 212 Å². The Kier molecular flexibility index (Phi) is 10.4. The standard InChI is InChI=1S/C27H35ClNO5P/c1-20(2)16-23-10-8-21(18-25(23)28)6-3-13-34-27-11-9-22(17-24(27)26-7-4-14-33-26)19-29-12-5-15-35(30,31)32/h4,7-11,14,17-18,20,29H,3,5-6,12-13,15-16,19H2,1-2H3,(H2,30,31,32). The summed E-state index contributed by atoms with van der Waals surface area (Å²) < 4.78 is 22.7. The zero-order valence-electron chi connectivity index (χ0n) is 20.4. The maximum absolute atomic E-state index is 11.0. The van der Waals surface area contributed by atoms with Crippen LogP contribution in [-0.2, 0) is 24.0 Å². The largest absolute Gasteiger partial charge is 0.493 e. The number of rotatable bonds is 14. The maximum Gasteiger partial charge on any atom is 0.325 e. The molecule has 0 radical (unpaired) electrons. The Morgan fingerprint density at radius 2 is 1.89 bits per heavy atom. The van der Waals surface area contributed by atoms with Crippen LogP contribution in [0, 0.1) is 5.92 Å². The molecule has 0 bridgehead atoms. The van der Waals surface area contributed by atoms with Crippen molar-refractivity contribution >= 4 is 19.2 Å². The molecule has 0 aliphatic heterocycles. The molecule has 0 saturated heterocycles. The summed E-state index contributed by atoms with van der Waals surface area (Å²) in [6.45, 7) is 6.07. The Hall–Kier alpha value is -2.08. The fourth-order valence-electron chi connectivity index (χ4n) is 3.89. The third-order valence-corrected chi connectivity index (χ3v) is 6.83. The third-order valence-electron chi connectivity index (χ3n) is 5.58. The van der Waals surface area contributed by atoms with Crippen LogP contribution < -0.4 is 10.1 Å². The SMILES string of the molecule is CC(C)Cc1ccc(CCCOc2ccc(CNCCCP(=O)(O)O)cc2-c2ccco2)cc1Cl. The second kappa shape index (κ2) is 13.3. The zero-order valence-corrected chi connectivity index (χ0v) is 22.0. The summed E-state index contributed by atoms with van der Waals surface area (Å²) in [6, 6.07) is 16.1. The van der Waals surface area contributed by atoms with Gasteiger partial charge in [-0.05, 0) is 85.2 Å². The van der Waals surface area contributed by atoms with Gasteiger partial charge in [0.1, 0.15) is 11.5 Å². The normalized spacial score (nSPS) is 11.8. The molecule has 3 rings (SSSR count). The number of halogens is 1. The molecule has 35 heavy (non-hydrogen) atoms. The first-order chi connectivity index (χ1) is 16.7. The van der Waals surface area contributed by atoms with Crippen LogP contribution in [-0.4, -0.2) is 29.1 Å². The fourth-order valence-corrected chi connectivity index (χ4v) is 4.74. The first-order valence-corrected chi connectivity index (χ1v) is 14.2. The van der Waals surface area contributed by atoms with Crippen LogP contribution in [0.15, 0.2) is 59.2 Å². The quantitative estimate of drug-likeness (QED) is 0.167. The molecule has 0 spiro atoms. The van der Waals surface area contributed by atoms with E-state index in [1.807, 2.05) is 30.3 Å². The number of hydrogen-bond acceptors (Lipinski definition) is 4. The molecule has 0 aliphatic rings. The highest BCUT2D eigenvalue weighted by Crippen LogP contribution is 2.34. The van der Waals surface area contributed by atoms with Crippen LogP contribution in [0.2, 0.25) is 5.02 Å². The van der Waals surface area contributed by atoms with E-state index in [0.717, 1.165) is 46.9 Å². The molecule has 8 heteroatoms. The Morgan fingerprint density at radius 1 is 1.09 bits per heavy atom. The van der Waals surface area contributed by atoms with Gasteiger partial charge in [-0.3, -0.25) is 4.57 Å². The van der Waals surface area contributed by atoms with Gasteiger partial charge >= 0.3 is 7.60 Å². The summed E-state index contributed by atoms with van der Waals surface area (Å²) in [4.78, 5) is 17.9. The molecule has 0 atom stereocenters. The lowest BCUT2D eigenvalue weighted by Crippen LogP contribution is -2.16. The fraction of sp³-hybridized carbons (Fsp3) is 0.407. The summed E-state index contributed by atoms with van der Waals surface area (Å²) in [5.74, 6) is 2.07. The summed E-state index contributed by atoms with van der Waals surface area (Å²) >= 11 is 6.47. The minimum Gasteiger partial charge on any atom is -0.493 e. The van der Waals surface area contributed by atoms with Gasteiger partial charge in [-0.1, -0.05) is 43.6 Å². The molecule has 190 valence electrons. The molecular weight excluding hydrogens is 485 g/mol. The topological polar surface area (TPSA) is 91.9 Å². The van der Waals surface area contributed by atoms with Crippen LogP contribution in [0.1, 0.15) is 43.4 Å². The van der Waals surface area contributed by atoms with E-state index in [-0.39, 0.29) is 6.16 Å². The average molecular weight is 520 g/mol. The minimum absolute atomic E-state index is 0.112. The van der Waals surface area contributed by atoms with Gasteiger partial charge in [-0.15, -0.1) is 0 Å². The van der Waals surface area contributed by atoms with E-state index in [0.29, 0.717) is 32.0 Å². The van der Waals surface area contributed by atoms with Crippen LogP contribution in [0.25, 0.3) is 11.3 Å². The predicted molar refractivity (Wildman–Crippen MR) is 141 cm³/mol. The second-order valence-electron chi connectivity index (χ2n) is 9.20. The van der Waals surface area contributed by atoms with Crippen molar-refractivity contribution in [3.63, 3.8) is 0 Å². The number of nitrogens with one attached hydrogen (secondary N) is 1. The van der Waals surface area contributed by atoms with Gasteiger partial charge in [-0.25, -0.2) is 0 Å². The molecule has 3 aromatic rings. The van der Waals surface area contributed by atoms with Crippen molar-refractivity contribution < 1.29 is 23.5 Å². The highest BCUT2D eigenvalue weighted by molar-refractivity contribution is 7.51. The number of benzene rings is 2. The lowest BCUT2D eigenvalue weighted by Gasteiger charge is -2.13. The molecule has 1 heterocycles. The van der Waals surface area contributed by atoms with Crippen molar-refractivity contribution in [3.05, 3.63) is 76.5 Å². The Bertz CT molecular complexity index is 1110. The minimum atomic E-state index is -3.94. The van der Waals surface area contributed by atoms with Gasteiger partial charge in [0.25, 0.3) is 0 Å². The number of furan rings is 1. The van der Waals surface area contributed by atoms with E-state index < -0.39 is 7.60 Å². The first kappa shape index (κ1) is 27.5. The lowest BCUT2D eigenvalue weighted by molar-refractivity contribution is 0.311. The van der Waals surface area contributed by atoms with Crippen molar-refractivity contribution in [2.45, 2.75) is 46.1 Å². The van der Waals surface area contributed by atoms with Gasteiger partial charge in [-0.2, -0.15) is 0 Å². The van der Waals surface area contributed by atoms with Crippen molar-refractivity contribution in [2.24, 2.45) is 5.92 Å². The van der Waals surface area contributed by atoms with Crippen LogP contribution >= 0.6 is 19.2 Å². The monoisotopic (exact) mass is 519 g/mol. The molecule has 1 aromatic heterocycles. The highest BCUT2D eigenvalue weighted by Gasteiger charge is 2.13. The molecule has 0 amide bonds. The highest BCUT2D eigenvalue weighted by atomic mass is 35.5. The number of aryl methyl sites for hydroxylation is 1. The van der Waals surface area contributed by atoms with E-state index in [1.54, 1.807) is 6.26 Å². The molecule has 0 unspecified atom stereocenters. The molecule has 0 aliphatic carbocycles. The van der Waals surface area contributed by atoms with Gasteiger partial charge < -0.3 is 24.3 Å². The molecule has 0 fully saturated rings. The van der Waals surface area contributed by atoms with Gasteiger partial charge in [0.15, 0.2) is 0 Å². The van der Waals surface area contributed by atoms with Crippen LogP contribution in [0.4, 0.5) is 0 Å². The third kappa shape index (κ3) is 9.47. The Morgan fingerprint density at radius 3 is 2.57 bits per heavy atom. The average Bonchev–Trinajstić information content (AvgIpc) is 3.32. The summed E-state index contributed by atoms with van der Waals surface area (Å²) in [5.41, 5.74) is 4.32. The zero-order chi connectivity index (χ0) is 25.3. The maximum atomic E-state index is 11.0. The summed E-state index contributed by atoms with van der Waals surface area (Å²) in [7, 11) is -3.94. The van der Waals surface area contributed by atoms with Gasteiger partial charge in [0.2, 0.25) is 0 Å². The van der Waals surface area contributed by atoms with E-state index in [9.17, 15) is 4.57 Å². The van der Waals surface area contributed by atoms with E-state index in [4.69, 9.17) is 30.5 Å². The van der Waals surface area contributed by atoms with Crippen LogP contribution in [0.5, 0.6) is 5.75 Å². The summed E-state index contributed by atoms with van der Waals surface area (Å²) in [5, 5.41) is 4.07. The summed E-state index contributed by atoms with van der Waals surface area (Å²) in [6.07, 6.45) is 4.67. The van der Waals surface area contributed by atoms with Crippen molar-refractivity contribution in [3.8, 4) is 17.1 Å². The molecular formula is C27H35ClNO5P. The van der Waals surface area contributed by atoms with Gasteiger partial charge in [0.05, 0.1) is 24.6 Å². The Balaban J connectivity index is 1.55. The molecule has 0 saturated carbocycles. The van der Waals surface area contributed by atoms with Crippen LogP contribution in [0.3, 0.4) is 0 Å². The van der Waals surface area contributed by atoms with E-state index in [1.165, 1.54) is 11.1 Å². The van der Waals surface area contributed by atoms with E-state index >= 15 is 0 Å². The van der Waals surface area contributed by atoms with Gasteiger partial charge in [0, 0.05) is 11.6 Å². The van der Waals surface area contributed by atoms with Crippen molar-refractivity contribution in [1.82, 2.24) is 5.32 Å². The second-order valence-corrected chi connectivity index (χ2v) is 11.4. The lowest BCUT2D eigenvalue weighted by atomic mass is 10.0.